The van der Waals surface area contributed by atoms with Crippen LogP contribution in [0.1, 0.15) is 5.56 Å². The fourth-order valence-corrected chi connectivity index (χ4v) is 2.28. The lowest BCUT2D eigenvalue weighted by Crippen LogP contribution is -2.40. The van der Waals surface area contributed by atoms with Crippen LogP contribution in [0.2, 0.25) is 0 Å². The molecule has 3 rings (SSSR count). The second kappa shape index (κ2) is 5.40. The van der Waals surface area contributed by atoms with Crippen molar-refractivity contribution < 1.29 is 14.6 Å². The van der Waals surface area contributed by atoms with Gasteiger partial charge in [-0.2, -0.15) is 0 Å². The van der Waals surface area contributed by atoms with Crippen molar-refractivity contribution in [1.29, 1.82) is 0 Å². The molecule has 0 aliphatic rings. The van der Waals surface area contributed by atoms with E-state index in [0.717, 1.165) is 16.5 Å². The highest BCUT2D eigenvalue weighted by molar-refractivity contribution is 6.59. The molecule has 4 nitrogen and oxygen atoms in total. The Morgan fingerprint density at radius 1 is 1.00 bits per heavy atom. The third-order valence-electron chi connectivity index (χ3n) is 3.27. The quantitative estimate of drug-likeness (QED) is 0.527. The monoisotopic (exact) mass is 265 g/mol. The van der Waals surface area contributed by atoms with Crippen LogP contribution in [0.5, 0.6) is 0 Å². The molecule has 1 aromatic heterocycles. The van der Waals surface area contributed by atoms with Crippen molar-refractivity contribution in [3.63, 3.8) is 0 Å². The normalized spacial score (nSPS) is 10.7. The van der Waals surface area contributed by atoms with Gasteiger partial charge in [-0.25, -0.2) is 4.57 Å². The van der Waals surface area contributed by atoms with E-state index in [9.17, 15) is 10.0 Å². The SMILES string of the molecule is OB(O)c1ccccc1C[n+]1cnc2ccccc2c1. The lowest BCUT2D eigenvalue weighted by molar-refractivity contribution is -0.689. The van der Waals surface area contributed by atoms with Gasteiger partial charge in [0.05, 0.1) is 5.39 Å². The van der Waals surface area contributed by atoms with Crippen LogP contribution in [0.25, 0.3) is 10.9 Å². The van der Waals surface area contributed by atoms with Gasteiger partial charge in [-0.15, -0.1) is 0 Å². The Hall–Kier alpha value is -2.24. The van der Waals surface area contributed by atoms with Gasteiger partial charge >= 0.3 is 7.12 Å². The predicted molar refractivity (Wildman–Crippen MR) is 77.3 cm³/mol. The van der Waals surface area contributed by atoms with Crippen LogP contribution in [-0.2, 0) is 6.54 Å². The fourth-order valence-electron chi connectivity index (χ4n) is 2.28. The van der Waals surface area contributed by atoms with Crippen molar-refractivity contribution >= 4 is 23.5 Å². The summed E-state index contributed by atoms with van der Waals surface area (Å²) in [5, 5.41) is 19.8. The van der Waals surface area contributed by atoms with E-state index in [1.807, 2.05) is 47.2 Å². The highest BCUT2D eigenvalue weighted by atomic mass is 16.4. The van der Waals surface area contributed by atoms with E-state index in [-0.39, 0.29) is 0 Å². The molecule has 0 fully saturated rings. The van der Waals surface area contributed by atoms with Crippen LogP contribution in [0, 0.1) is 0 Å². The van der Waals surface area contributed by atoms with Gasteiger partial charge in [0, 0.05) is 0 Å². The molecule has 2 N–H and O–H groups in total. The minimum atomic E-state index is -1.46. The molecule has 0 spiro atoms. The molecule has 5 heteroatoms. The number of rotatable bonds is 3. The molecule has 98 valence electrons. The Labute approximate surface area is 117 Å². The molecule has 0 aliphatic heterocycles. The smallest absolute Gasteiger partial charge is 0.423 e. The molecular formula is C15H14BN2O2+. The number of fused-ring (bicyclic) bond motifs is 1. The summed E-state index contributed by atoms with van der Waals surface area (Å²) in [5.41, 5.74) is 2.33. The number of hydrogen-bond acceptors (Lipinski definition) is 3. The maximum atomic E-state index is 9.38. The summed E-state index contributed by atoms with van der Waals surface area (Å²) in [7, 11) is -1.46. The zero-order valence-electron chi connectivity index (χ0n) is 10.8. The van der Waals surface area contributed by atoms with Crippen molar-refractivity contribution in [2.45, 2.75) is 6.54 Å². The molecule has 1 heterocycles. The van der Waals surface area contributed by atoms with Gasteiger partial charge in [0.25, 0.3) is 6.33 Å². The van der Waals surface area contributed by atoms with Crippen LogP contribution in [-0.4, -0.2) is 22.2 Å². The van der Waals surface area contributed by atoms with Gasteiger partial charge in [0.2, 0.25) is 0 Å². The minimum absolute atomic E-state index is 0.521. The van der Waals surface area contributed by atoms with E-state index in [1.165, 1.54) is 0 Å². The standard InChI is InChI=1S/C15H14BN2O2/c19-16(20)14-7-3-1-5-12(14)9-18-10-13-6-2-4-8-15(13)17-11-18/h1-8,10-11,19-20H,9H2/q+1. The van der Waals surface area contributed by atoms with Crippen molar-refractivity contribution in [2.24, 2.45) is 0 Å². The lowest BCUT2D eigenvalue weighted by atomic mass is 9.77. The summed E-state index contributed by atoms with van der Waals surface area (Å²) in [4.78, 5) is 4.39. The first-order valence-electron chi connectivity index (χ1n) is 6.42. The van der Waals surface area contributed by atoms with Crippen LogP contribution >= 0.6 is 0 Å². The maximum Gasteiger partial charge on any atom is 0.488 e. The Bertz CT molecular complexity index is 747. The van der Waals surface area contributed by atoms with Crippen LogP contribution < -0.4 is 10.0 Å². The number of hydrogen-bond donors (Lipinski definition) is 2. The van der Waals surface area contributed by atoms with Crippen molar-refractivity contribution in [1.82, 2.24) is 4.98 Å². The van der Waals surface area contributed by atoms with Crippen molar-refractivity contribution in [2.75, 3.05) is 0 Å². The predicted octanol–water partition coefficient (Wildman–Crippen LogP) is 0.250. The van der Waals surface area contributed by atoms with E-state index in [4.69, 9.17) is 0 Å². The van der Waals surface area contributed by atoms with Gasteiger partial charge in [0.15, 0.2) is 5.52 Å². The molecule has 0 atom stereocenters. The van der Waals surface area contributed by atoms with Crippen LogP contribution in [0.15, 0.2) is 61.1 Å². The molecule has 20 heavy (non-hydrogen) atoms. The first kappa shape index (κ1) is 12.8. The Kier molecular flexibility index (Phi) is 3.45. The Morgan fingerprint density at radius 2 is 1.75 bits per heavy atom. The molecule has 0 saturated carbocycles. The van der Waals surface area contributed by atoms with Crippen LogP contribution in [0.4, 0.5) is 0 Å². The van der Waals surface area contributed by atoms with Gasteiger partial charge in [-0.1, -0.05) is 36.4 Å². The van der Waals surface area contributed by atoms with E-state index in [2.05, 4.69) is 4.98 Å². The largest absolute Gasteiger partial charge is 0.488 e. The second-order valence-electron chi connectivity index (χ2n) is 4.68. The van der Waals surface area contributed by atoms with Crippen molar-refractivity contribution in [3.05, 3.63) is 66.6 Å². The Balaban J connectivity index is 1.97. The zero-order valence-corrected chi connectivity index (χ0v) is 10.8. The second-order valence-corrected chi connectivity index (χ2v) is 4.68. The number of aromatic nitrogens is 2. The topological polar surface area (TPSA) is 57.2 Å². The molecule has 0 bridgehead atoms. The van der Waals surface area contributed by atoms with Gasteiger partial charge < -0.3 is 10.0 Å². The maximum absolute atomic E-state index is 9.38. The average molecular weight is 265 g/mol. The summed E-state index contributed by atoms with van der Waals surface area (Å²) >= 11 is 0. The average Bonchev–Trinajstić information content (AvgIpc) is 2.47. The molecule has 0 unspecified atom stereocenters. The van der Waals surface area contributed by atoms with E-state index < -0.39 is 7.12 Å². The molecular weight excluding hydrogens is 251 g/mol. The molecule has 0 radical (unpaired) electrons. The third-order valence-corrected chi connectivity index (χ3v) is 3.27. The minimum Gasteiger partial charge on any atom is -0.423 e. The summed E-state index contributed by atoms with van der Waals surface area (Å²) in [6.07, 6.45) is 3.76. The van der Waals surface area contributed by atoms with E-state index in [0.29, 0.717) is 12.0 Å². The highest BCUT2D eigenvalue weighted by Gasteiger charge is 2.16. The van der Waals surface area contributed by atoms with E-state index >= 15 is 0 Å². The molecule has 0 amide bonds. The highest BCUT2D eigenvalue weighted by Crippen LogP contribution is 2.07. The first-order chi connectivity index (χ1) is 9.74. The number of para-hydroxylation sites is 1. The third kappa shape index (κ3) is 2.54. The Morgan fingerprint density at radius 3 is 2.60 bits per heavy atom. The van der Waals surface area contributed by atoms with Crippen molar-refractivity contribution in [3.8, 4) is 0 Å². The van der Waals surface area contributed by atoms with E-state index in [1.54, 1.807) is 18.5 Å². The summed E-state index contributed by atoms with van der Waals surface area (Å²) in [5.74, 6) is 0. The lowest BCUT2D eigenvalue weighted by Gasteiger charge is -2.07. The molecule has 0 saturated heterocycles. The summed E-state index contributed by atoms with van der Waals surface area (Å²) in [6, 6.07) is 15.2. The zero-order chi connectivity index (χ0) is 13.9. The van der Waals surface area contributed by atoms with Gasteiger partial charge in [-0.3, -0.25) is 0 Å². The van der Waals surface area contributed by atoms with Gasteiger partial charge in [-0.05, 0) is 28.1 Å². The fraction of sp³-hybridized carbons (Fsp3) is 0.0667. The molecule has 3 aromatic rings. The number of benzene rings is 2. The molecule has 2 aromatic carbocycles. The summed E-state index contributed by atoms with van der Waals surface area (Å²) < 4.78 is 1.93. The molecule has 0 aliphatic carbocycles. The van der Waals surface area contributed by atoms with Gasteiger partial charge in [0.1, 0.15) is 12.7 Å². The summed E-state index contributed by atoms with van der Waals surface area (Å²) in [6.45, 7) is 0.547. The number of nitrogens with zero attached hydrogens (tertiary/aromatic N) is 2. The van der Waals surface area contributed by atoms with Crippen LogP contribution in [0.3, 0.4) is 0 Å². The first-order valence-corrected chi connectivity index (χ1v) is 6.42.